The van der Waals surface area contributed by atoms with Gasteiger partial charge in [-0.05, 0) is 32.3 Å². The van der Waals surface area contributed by atoms with Crippen molar-refractivity contribution in [2.45, 2.75) is 26.2 Å². The van der Waals surface area contributed by atoms with Crippen molar-refractivity contribution in [3.8, 4) is 17.1 Å². The molecule has 8 nitrogen and oxygen atoms in total. The quantitative estimate of drug-likeness (QED) is 0.586. The van der Waals surface area contributed by atoms with Crippen LogP contribution in [0.3, 0.4) is 0 Å². The van der Waals surface area contributed by atoms with E-state index in [1.807, 2.05) is 43.3 Å². The fraction of sp³-hybridized carbons (Fsp3) is 0.364. The summed E-state index contributed by atoms with van der Waals surface area (Å²) in [6, 6.07) is 13.3. The molecule has 0 radical (unpaired) electrons. The Kier molecular flexibility index (Phi) is 6.22. The number of carbonyl (C=O) groups excluding carboxylic acids is 1. The maximum absolute atomic E-state index is 12.3. The maximum atomic E-state index is 12.3. The Balaban J connectivity index is 1.28. The topological polar surface area (TPSA) is 96.0 Å². The predicted molar refractivity (Wildman–Crippen MR) is 115 cm³/mol. The number of amides is 1. The number of hydrogen-bond acceptors (Lipinski definition) is 6. The van der Waals surface area contributed by atoms with Gasteiger partial charge >= 0.3 is 0 Å². The summed E-state index contributed by atoms with van der Waals surface area (Å²) in [6.07, 6.45) is 3.64. The van der Waals surface area contributed by atoms with E-state index in [1.165, 1.54) is 19.3 Å². The molecule has 8 heteroatoms. The van der Waals surface area contributed by atoms with Crippen molar-refractivity contribution in [1.82, 2.24) is 25.5 Å². The summed E-state index contributed by atoms with van der Waals surface area (Å²) < 4.78 is 5.76. The normalized spacial score (nSPS) is 13.8. The van der Waals surface area contributed by atoms with Gasteiger partial charge in [0.15, 0.2) is 0 Å². The molecule has 1 amide bonds. The summed E-state index contributed by atoms with van der Waals surface area (Å²) in [5.74, 6) is 1.90. The number of carbonyl (C=O) groups is 1. The lowest BCUT2D eigenvalue weighted by atomic mass is 10.1. The van der Waals surface area contributed by atoms with Crippen molar-refractivity contribution in [1.29, 1.82) is 0 Å². The lowest BCUT2D eigenvalue weighted by Gasteiger charge is -2.28. The Morgan fingerprint density at radius 1 is 1.13 bits per heavy atom. The van der Waals surface area contributed by atoms with Crippen LogP contribution in [0.4, 0.5) is 5.82 Å². The molecule has 1 aliphatic rings. The predicted octanol–water partition coefficient (Wildman–Crippen LogP) is 2.97. The number of piperidine rings is 1. The molecule has 30 heavy (non-hydrogen) atoms. The molecular formula is C22H26N6O2. The molecule has 2 N–H and O–H groups in total. The molecule has 0 saturated carbocycles. The molecule has 156 valence electrons. The first-order chi connectivity index (χ1) is 14.7. The molecule has 0 atom stereocenters. The number of aromatic nitrogens is 4. The summed E-state index contributed by atoms with van der Waals surface area (Å²) in [5, 5.41) is 9.83. The average molecular weight is 406 g/mol. The molecule has 4 rings (SSSR count). The van der Waals surface area contributed by atoms with E-state index < -0.39 is 0 Å². The average Bonchev–Trinajstić information content (AvgIpc) is 3.28. The molecule has 0 spiro atoms. The highest BCUT2D eigenvalue weighted by Crippen LogP contribution is 2.21. The van der Waals surface area contributed by atoms with E-state index in [0.29, 0.717) is 30.5 Å². The second-order valence-electron chi connectivity index (χ2n) is 7.30. The number of nitrogens with zero attached hydrogens (tertiary/aromatic N) is 4. The first-order valence-corrected chi connectivity index (χ1v) is 10.3. The van der Waals surface area contributed by atoms with E-state index in [1.54, 1.807) is 6.07 Å². The van der Waals surface area contributed by atoms with Crippen LogP contribution in [0.1, 0.15) is 35.6 Å². The smallest absolute Gasteiger partial charge is 0.269 e. The summed E-state index contributed by atoms with van der Waals surface area (Å²) in [4.78, 5) is 23.5. The van der Waals surface area contributed by atoms with Crippen molar-refractivity contribution < 1.29 is 9.53 Å². The highest BCUT2D eigenvalue weighted by atomic mass is 16.5. The van der Waals surface area contributed by atoms with Crippen molar-refractivity contribution in [3.63, 3.8) is 0 Å². The Hall–Kier alpha value is -3.42. The summed E-state index contributed by atoms with van der Waals surface area (Å²) in [6.45, 7) is 4.58. The van der Waals surface area contributed by atoms with Gasteiger partial charge in [-0.25, -0.2) is 4.98 Å². The first kappa shape index (κ1) is 19.9. The lowest BCUT2D eigenvalue weighted by molar-refractivity contribution is 0.0941. The zero-order chi connectivity index (χ0) is 20.8. The van der Waals surface area contributed by atoms with Crippen LogP contribution in [0.5, 0.6) is 5.88 Å². The minimum absolute atomic E-state index is 0.221. The van der Waals surface area contributed by atoms with Gasteiger partial charge in [0.1, 0.15) is 23.9 Å². The van der Waals surface area contributed by atoms with Gasteiger partial charge in [0.2, 0.25) is 5.88 Å². The van der Waals surface area contributed by atoms with Crippen molar-refractivity contribution in [2.24, 2.45) is 0 Å². The van der Waals surface area contributed by atoms with Crippen LogP contribution in [0.2, 0.25) is 0 Å². The number of aryl methyl sites for hydroxylation is 1. The van der Waals surface area contributed by atoms with Crippen molar-refractivity contribution in [3.05, 3.63) is 54.0 Å². The highest BCUT2D eigenvalue weighted by Gasteiger charge is 2.15. The molecule has 1 aromatic carbocycles. The molecule has 1 saturated heterocycles. The number of H-pyrrole nitrogens is 1. The van der Waals surface area contributed by atoms with E-state index in [2.05, 4.69) is 30.4 Å². The van der Waals surface area contributed by atoms with Crippen LogP contribution in [0.25, 0.3) is 11.3 Å². The van der Waals surface area contributed by atoms with Crippen molar-refractivity contribution in [2.75, 3.05) is 31.1 Å². The Bertz CT molecular complexity index is 982. The Morgan fingerprint density at radius 2 is 1.93 bits per heavy atom. The standard InChI is InChI=1S/C22H26N6O2/c1-16-24-20(28-11-6-3-7-12-28)15-21(25-16)30-13-10-23-22(29)19-14-18(26-27-19)17-8-4-2-5-9-17/h2,4-5,8-9,14-15H,3,6-7,10-13H2,1H3,(H,23,29)(H,26,27). The van der Waals surface area contributed by atoms with Gasteiger partial charge in [-0.2, -0.15) is 10.1 Å². The van der Waals surface area contributed by atoms with Crippen LogP contribution < -0.4 is 15.0 Å². The van der Waals surface area contributed by atoms with Gasteiger partial charge in [0, 0.05) is 24.7 Å². The fourth-order valence-electron chi connectivity index (χ4n) is 3.49. The molecule has 0 unspecified atom stereocenters. The number of ether oxygens (including phenoxy) is 1. The number of nitrogens with one attached hydrogen (secondary N) is 2. The lowest BCUT2D eigenvalue weighted by Crippen LogP contribution is -2.30. The molecule has 0 bridgehead atoms. The van der Waals surface area contributed by atoms with Gasteiger partial charge in [-0.3, -0.25) is 9.89 Å². The van der Waals surface area contributed by atoms with Crippen molar-refractivity contribution >= 4 is 11.7 Å². The van der Waals surface area contributed by atoms with E-state index in [-0.39, 0.29) is 5.91 Å². The van der Waals surface area contributed by atoms with Gasteiger partial charge < -0.3 is 15.0 Å². The zero-order valence-electron chi connectivity index (χ0n) is 17.1. The number of anilines is 1. The highest BCUT2D eigenvalue weighted by molar-refractivity contribution is 5.93. The van der Waals surface area contributed by atoms with Crippen LogP contribution in [-0.2, 0) is 0 Å². The third kappa shape index (κ3) is 4.94. The monoisotopic (exact) mass is 406 g/mol. The number of aromatic amines is 1. The number of hydrogen-bond donors (Lipinski definition) is 2. The largest absolute Gasteiger partial charge is 0.476 e. The van der Waals surface area contributed by atoms with E-state index in [4.69, 9.17) is 4.74 Å². The minimum atomic E-state index is -0.221. The third-order valence-corrected chi connectivity index (χ3v) is 5.01. The Labute approximate surface area is 175 Å². The molecule has 1 aliphatic heterocycles. The summed E-state index contributed by atoms with van der Waals surface area (Å²) in [5.41, 5.74) is 2.11. The van der Waals surface area contributed by atoms with E-state index in [9.17, 15) is 4.79 Å². The number of rotatable bonds is 7. The van der Waals surface area contributed by atoms with E-state index >= 15 is 0 Å². The number of benzene rings is 1. The summed E-state index contributed by atoms with van der Waals surface area (Å²) in [7, 11) is 0. The van der Waals surface area contributed by atoms with Gasteiger partial charge in [-0.15, -0.1) is 0 Å². The maximum Gasteiger partial charge on any atom is 0.269 e. The summed E-state index contributed by atoms with van der Waals surface area (Å²) >= 11 is 0. The Morgan fingerprint density at radius 3 is 2.73 bits per heavy atom. The molecule has 3 heterocycles. The first-order valence-electron chi connectivity index (χ1n) is 10.3. The molecule has 0 aliphatic carbocycles. The van der Waals surface area contributed by atoms with Gasteiger partial charge in [0.05, 0.1) is 12.2 Å². The van der Waals surface area contributed by atoms with Crippen LogP contribution in [0, 0.1) is 6.92 Å². The fourth-order valence-corrected chi connectivity index (χ4v) is 3.49. The van der Waals surface area contributed by atoms with E-state index in [0.717, 1.165) is 30.2 Å². The van der Waals surface area contributed by atoms with Gasteiger partial charge in [0.25, 0.3) is 5.91 Å². The minimum Gasteiger partial charge on any atom is -0.476 e. The molecule has 2 aromatic heterocycles. The van der Waals surface area contributed by atoms with Crippen LogP contribution in [0.15, 0.2) is 42.5 Å². The second kappa shape index (κ2) is 9.39. The van der Waals surface area contributed by atoms with Crippen LogP contribution >= 0.6 is 0 Å². The molecule has 1 fully saturated rings. The van der Waals surface area contributed by atoms with Gasteiger partial charge in [-0.1, -0.05) is 30.3 Å². The second-order valence-corrected chi connectivity index (χ2v) is 7.30. The SMILES string of the molecule is Cc1nc(OCCNC(=O)c2cc(-c3ccccc3)n[nH]2)cc(N2CCCCC2)n1. The molecular weight excluding hydrogens is 380 g/mol. The third-order valence-electron chi connectivity index (χ3n) is 5.01. The zero-order valence-corrected chi connectivity index (χ0v) is 17.1. The van der Waals surface area contributed by atoms with Crippen LogP contribution in [-0.4, -0.2) is 52.3 Å². The molecule has 3 aromatic rings.